The Morgan fingerprint density at radius 2 is 1.40 bits per heavy atom. The van der Waals surface area contributed by atoms with Crippen molar-refractivity contribution in [3.05, 3.63) is 0 Å². The van der Waals surface area contributed by atoms with E-state index in [1.165, 1.54) is 0 Å². The third-order valence-electron chi connectivity index (χ3n) is 2.99. The summed E-state index contributed by atoms with van der Waals surface area (Å²) >= 11 is 0. The van der Waals surface area contributed by atoms with Gasteiger partial charge >= 0.3 is 0 Å². The molecule has 0 spiro atoms. The smallest absolute Gasteiger partial charge is 0.155 e. The highest BCUT2D eigenvalue weighted by molar-refractivity contribution is 5.88. The predicted molar refractivity (Wildman–Crippen MR) is 88.1 cm³/mol. The van der Waals surface area contributed by atoms with E-state index in [1.807, 2.05) is 20.8 Å². The fourth-order valence-electron chi connectivity index (χ4n) is 2.08. The average Bonchev–Trinajstić information content (AvgIpc) is 2.17. The van der Waals surface area contributed by atoms with Crippen molar-refractivity contribution in [3.8, 4) is 0 Å². The molecule has 120 valence electrons. The molecule has 3 nitrogen and oxygen atoms in total. The fourth-order valence-corrected chi connectivity index (χ4v) is 2.08. The standard InChI is InChI=1S/C17H36N2O/c1-15(2,3)14(20)13(19-17(7,8)9)11-10-12-18-16(4,5)6/h13,18-19H,10-12H2,1-9H3. The molecule has 20 heavy (non-hydrogen) atoms. The van der Waals surface area contributed by atoms with Gasteiger partial charge < -0.3 is 10.6 Å². The van der Waals surface area contributed by atoms with E-state index in [4.69, 9.17) is 0 Å². The van der Waals surface area contributed by atoms with Crippen LogP contribution < -0.4 is 10.6 Å². The minimum atomic E-state index is -0.291. The van der Waals surface area contributed by atoms with E-state index in [1.54, 1.807) is 0 Å². The van der Waals surface area contributed by atoms with Crippen LogP contribution in [-0.2, 0) is 4.79 Å². The zero-order valence-electron chi connectivity index (χ0n) is 15.1. The van der Waals surface area contributed by atoms with Crippen molar-refractivity contribution in [2.45, 2.75) is 92.3 Å². The molecule has 0 radical (unpaired) electrons. The van der Waals surface area contributed by atoms with Crippen molar-refractivity contribution in [3.63, 3.8) is 0 Å². The molecule has 1 atom stereocenters. The normalized spacial score (nSPS) is 15.2. The SMILES string of the molecule is CC(C)(C)NCCCC(NC(C)(C)C)C(=O)C(C)(C)C. The van der Waals surface area contributed by atoms with Gasteiger partial charge in [0.1, 0.15) is 0 Å². The molecule has 0 amide bonds. The molecular formula is C17H36N2O. The highest BCUT2D eigenvalue weighted by atomic mass is 16.1. The topological polar surface area (TPSA) is 41.1 Å². The maximum atomic E-state index is 12.6. The number of rotatable bonds is 6. The summed E-state index contributed by atoms with van der Waals surface area (Å²) in [7, 11) is 0. The maximum absolute atomic E-state index is 12.6. The second-order valence-corrected chi connectivity index (χ2v) is 8.88. The van der Waals surface area contributed by atoms with Crippen LogP contribution in [0.25, 0.3) is 0 Å². The molecule has 0 bridgehead atoms. The first-order chi connectivity index (χ1) is 8.72. The summed E-state index contributed by atoms with van der Waals surface area (Å²) in [5.41, 5.74) is -0.190. The van der Waals surface area contributed by atoms with Crippen LogP contribution >= 0.6 is 0 Å². The van der Waals surface area contributed by atoms with Gasteiger partial charge in [0.2, 0.25) is 0 Å². The Balaban J connectivity index is 4.53. The average molecular weight is 284 g/mol. The number of Topliss-reactive ketones (excluding diaryl/α,β-unsaturated/α-hetero) is 1. The Labute approximate surface area is 126 Å². The third-order valence-corrected chi connectivity index (χ3v) is 2.99. The number of hydrogen-bond donors (Lipinski definition) is 2. The highest BCUT2D eigenvalue weighted by Crippen LogP contribution is 2.20. The largest absolute Gasteiger partial charge is 0.312 e. The lowest BCUT2D eigenvalue weighted by Crippen LogP contribution is -2.51. The van der Waals surface area contributed by atoms with Gasteiger partial charge in [0.25, 0.3) is 0 Å². The lowest BCUT2D eigenvalue weighted by atomic mass is 9.84. The van der Waals surface area contributed by atoms with Gasteiger partial charge in [-0.2, -0.15) is 0 Å². The molecule has 0 fully saturated rings. The Kier molecular flexibility index (Phi) is 6.89. The molecule has 0 aliphatic carbocycles. The molecule has 1 unspecified atom stereocenters. The number of carbonyl (C=O) groups excluding carboxylic acids is 1. The Morgan fingerprint density at radius 3 is 1.75 bits per heavy atom. The Hall–Kier alpha value is -0.410. The second-order valence-electron chi connectivity index (χ2n) is 8.88. The number of hydrogen-bond acceptors (Lipinski definition) is 3. The monoisotopic (exact) mass is 284 g/mol. The van der Waals surface area contributed by atoms with E-state index >= 15 is 0 Å². The van der Waals surface area contributed by atoms with Crippen LogP contribution in [0.2, 0.25) is 0 Å². The van der Waals surface area contributed by atoms with Crippen LogP contribution in [0.5, 0.6) is 0 Å². The van der Waals surface area contributed by atoms with E-state index in [-0.39, 0.29) is 22.5 Å². The van der Waals surface area contributed by atoms with Gasteiger partial charge in [0.05, 0.1) is 6.04 Å². The highest BCUT2D eigenvalue weighted by Gasteiger charge is 2.31. The summed E-state index contributed by atoms with van der Waals surface area (Å²) in [6.45, 7) is 19.8. The zero-order chi connectivity index (χ0) is 16.2. The predicted octanol–water partition coefficient (Wildman–Crippen LogP) is 3.53. The molecule has 0 saturated carbocycles. The molecule has 0 saturated heterocycles. The lowest BCUT2D eigenvalue weighted by Gasteiger charge is -2.32. The second kappa shape index (κ2) is 7.04. The minimum Gasteiger partial charge on any atom is -0.312 e. The molecule has 0 rings (SSSR count). The first-order valence-electron chi connectivity index (χ1n) is 7.79. The minimum absolute atomic E-state index is 0.0387. The summed E-state index contributed by atoms with van der Waals surface area (Å²) < 4.78 is 0. The first-order valence-corrected chi connectivity index (χ1v) is 7.79. The summed E-state index contributed by atoms with van der Waals surface area (Å²) in [5, 5.41) is 6.96. The van der Waals surface area contributed by atoms with Crippen molar-refractivity contribution in [2.24, 2.45) is 5.41 Å². The molecule has 0 aliphatic rings. The number of ketones is 1. The van der Waals surface area contributed by atoms with Crippen molar-refractivity contribution < 1.29 is 4.79 Å². The van der Waals surface area contributed by atoms with Crippen LogP contribution in [0.4, 0.5) is 0 Å². The van der Waals surface area contributed by atoms with Crippen molar-refractivity contribution >= 4 is 5.78 Å². The van der Waals surface area contributed by atoms with Gasteiger partial charge in [-0.1, -0.05) is 20.8 Å². The van der Waals surface area contributed by atoms with E-state index in [0.29, 0.717) is 5.78 Å². The molecule has 0 aromatic carbocycles. The lowest BCUT2D eigenvalue weighted by molar-refractivity contribution is -0.129. The Morgan fingerprint density at radius 1 is 0.900 bits per heavy atom. The van der Waals surface area contributed by atoms with Crippen molar-refractivity contribution in [1.82, 2.24) is 10.6 Å². The van der Waals surface area contributed by atoms with Gasteiger partial charge in [-0.15, -0.1) is 0 Å². The zero-order valence-corrected chi connectivity index (χ0v) is 15.1. The van der Waals surface area contributed by atoms with Gasteiger partial charge in [-0.05, 0) is 60.9 Å². The van der Waals surface area contributed by atoms with Gasteiger partial charge in [-0.25, -0.2) is 0 Å². The van der Waals surface area contributed by atoms with Crippen LogP contribution in [-0.4, -0.2) is 29.4 Å². The van der Waals surface area contributed by atoms with E-state index in [2.05, 4.69) is 52.2 Å². The van der Waals surface area contributed by atoms with E-state index < -0.39 is 0 Å². The summed E-state index contributed by atoms with van der Waals surface area (Å²) in [6, 6.07) is -0.0585. The molecular weight excluding hydrogens is 248 g/mol. The van der Waals surface area contributed by atoms with Crippen molar-refractivity contribution in [1.29, 1.82) is 0 Å². The molecule has 0 aromatic heterocycles. The summed E-state index contributed by atoms with van der Waals surface area (Å²) in [4.78, 5) is 12.6. The van der Waals surface area contributed by atoms with Crippen LogP contribution in [0.3, 0.4) is 0 Å². The maximum Gasteiger partial charge on any atom is 0.155 e. The van der Waals surface area contributed by atoms with E-state index in [9.17, 15) is 4.79 Å². The first kappa shape index (κ1) is 19.6. The summed E-state index contributed by atoms with van der Waals surface area (Å²) in [5.74, 6) is 0.309. The molecule has 0 aliphatic heterocycles. The van der Waals surface area contributed by atoms with Gasteiger partial charge in [0, 0.05) is 16.5 Å². The Bertz CT molecular complexity index is 302. The van der Waals surface area contributed by atoms with Crippen molar-refractivity contribution in [2.75, 3.05) is 6.54 Å². The van der Waals surface area contributed by atoms with E-state index in [0.717, 1.165) is 19.4 Å². The molecule has 0 aromatic rings. The summed E-state index contributed by atoms with van der Waals surface area (Å²) in [6.07, 6.45) is 1.89. The van der Waals surface area contributed by atoms with Crippen LogP contribution in [0, 0.1) is 5.41 Å². The molecule has 0 heterocycles. The molecule has 2 N–H and O–H groups in total. The fraction of sp³-hybridized carbons (Fsp3) is 0.941. The van der Waals surface area contributed by atoms with Gasteiger partial charge in [0.15, 0.2) is 5.78 Å². The van der Waals surface area contributed by atoms with Gasteiger partial charge in [-0.3, -0.25) is 4.79 Å². The number of nitrogens with one attached hydrogen (secondary N) is 2. The van der Waals surface area contributed by atoms with Crippen LogP contribution in [0.1, 0.15) is 75.2 Å². The third kappa shape index (κ3) is 9.49. The number of carbonyl (C=O) groups is 1. The quantitative estimate of drug-likeness (QED) is 0.733. The molecule has 3 heteroatoms. The van der Waals surface area contributed by atoms with Crippen LogP contribution in [0.15, 0.2) is 0 Å².